The molecule has 52 heavy (non-hydrogen) atoms. The van der Waals surface area contributed by atoms with Crippen LogP contribution in [0, 0.1) is 11.8 Å². The molecule has 2 heterocycles. The zero-order valence-corrected chi connectivity index (χ0v) is 32.0. The van der Waals surface area contributed by atoms with Gasteiger partial charge in [0.2, 0.25) is 5.58 Å². The average molecular weight is 698 g/mol. The van der Waals surface area contributed by atoms with E-state index in [9.17, 15) is 0 Å². The lowest BCUT2D eigenvalue weighted by Crippen LogP contribution is -2.37. The molecule has 6 aromatic rings. The lowest BCUT2D eigenvalue weighted by atomic mass is 9.90. The standard InChI is InChI=1S/C46H55N3O3/c1-8-10-17-30(3)24-25-31(9-2)29-47-41-39-40(46(4,5)48-45(39)49(6)7)42-44(43(41)50-34-27-26-32-18-11-12-19-33(32)28-34)52-38-23-16-14-21-36(38)35-20-13-15-22-37(35)51-42/h11-16,18-23,26-28,30-31,45,47-48H,8-10,17,24-25,29H2,1-7H3. The summed E-state index contributed by atoms with van der Waals surface area (Å²) in [5, 5.41) is 12.2. The van der Waals surface area contributed by atoms with E-state index in [1.165, 1.54) is 37.5 Å². The number of para-hydroxylation sites is 2. The maximum atomic E-state index is 7.13. The van der Waals surface area contributed by atoms with Gasteiger partial charge in [0.25, 0.3) is 0 Å². The molecule has 1 aliphatic rings. The van der Waals surface area contributed by atoms with Gasteiger partial charge in [0, 0.05) is 34.0 Å². The van der Waals surface area contributed by atoms with Gasteiger partial charge < -0.3 is 18.9 Å². The number of unbranched alkanes of at least 4 members (excludes halogenated alkanes) is 1. The minimum atomic E-state index is -0.442. The van der Waals surface area contributed by atoms with Gasteiger partial charge in [-0.1, -0.05) is 120 Å². The number of hydrogen-bond donors (Lipinski definition) is 2. The van der Waals surface area contributed by atoms with Crippen molar-refractivity contribution in [3.05, 3.63) is 102 Å². The molecule has 1 aliphatic heterocycles. The van der Waals surface area contributed by atoms with Gasteiger partial charge in [0.15, 0.2) is 11.3 Å². The van der Waals surface area contributed by atoms with Crippen LogP contribution in [0.25, 0.3) is 43.9 Å². The smallest absolute Gasteiger partial charge is 0.214 e. The zero-order valence-electron chi connectivity index (χ0n) is 32.0. The highest BCUT2D eigenvalue weighted by atomic mass is 16.5. The highest BCUT2D eigenvalue weighted by molar-refractivity contribution is 6.03. The molecule has 0 saturated carbocycles. The molecule has 0 saturated heterocycles. The van der Waals surface area contributed by atoms with Gasteiger partial charge in [0.1, 0.15) is 16.9 Å². The van der Waals surface area contributed by atoms with E-state index in [1.54, 1.807) is 0 Å². The van der Waals surface area contributed by atoms with E-state index >= 15 is 0 Å². The molecule has 272 valence electrons. The predicted octanol–water partition coefficient (Wildman–Crippen LogP) is 12.8. The molecule has 0 bridgehead atoms. The fourth-order valence-electron chi connectivity index (χ4n) is 7.97. The van der Waals surface area contributed by atoms with Crippen molar-refractivity contribution in [3.63, 3.8) is 0 Å². The third-order valence-corrected chi connectivity index (χ3v) is 11.0. The van der Waals surface area contributed by atoms with Crippen LogP contribution >= 0.6 is 0 Å². The fourth-order valence-corrected chi connectivity index (χ4v) is 7.97. The van der Waals surface area contributed by atoms with Crippen LogP contribution < -0.4 is 15.4 Å². The van der Waals surface area contributed by atoms with Crippen LogP contribution in [0.15, 0.2) is 99.8 Å². The van der Waals surface area contributed by atoms with E-state index in [0.29, 0.717) is 22.8 Å². The number of nitrogens with zero attached hydrogens (tertiary/aromatic N) is 1. The number of nitrogens with one attached hydrogen (secondary N) is 2. The summed E-state index contributed by atoms with van der Waals surface area (Å²) in [6.45, 7) is 12.3. The van der Waals surface area contributed by atoms with Gasteiger partial charge in [0.05, 0.1) is 11.9 Å². The Morgan fingerprint density at radius 3 is 2.13 bits per heavy atom. The van der Waals surface area contributed by atoms with Crippen molar-refractivity contribution in [3.8, 4) is 11.5 Å². The molecule has 1 aromatic heterocycles. The van der Waals surface area contributed by atoms with Crippen LogP contribution in [0.5, 0.6) is 11.5 Å². The quantitative estimate of drug-likeness (QED) is 0.125. The number of fused-ring (bicyclic) bond motifs is 7. The first-order valence-corrected chi connectivity index (χ1v) is 19.3. The molecule has 0 amide bonds. The van der Waals surface area contributed by atoms with Crippen molar-refractivity contribution in [2.24, 2.45) is 11.8 Å². The summed E-state index contributed by atoms with van der Waals surface area (Å²) in [6.07, 6.45) is 7.30. The number of anilines is 1. The monoisotopic (exact) mass is 697 g/mol. The molecule has 3 atom stereocenters. The van der Waals surface area contributed by atoms with Crippen LogP contribution in [-0.2, 0) is 5.54 Å². The molecule has 0 spiro atoms. The average Bonchev–Trinajstić information content (AvgIpc) is 3.43. The first-order valence-electron chi connectivity index (χ1n) is 19.3. The number of hydrogen-bond acceptors (Lipinski definition) is 6. The van der Waals surface area contributed by atoms with E-state index in [4.69, 9.17) is 13.6 Å². The van der Waals surface area contributed by atoms with Gasteiger partial charge in [-0.05, 0) is 81.2 Å². The minimum Gasteiger partial charge on any atom is -0.452 e. The normalized spacial score (nSPS) is 16.4. The van der Waals surface area contributed by atoms with Crippen molar-refractivity contribution < 1.29 is 13.6 Å². The van der Waals surface area contributed by atoms with Crippen molar-refractivity contribution in [1.29, 1.82) is 0 Å². The molecular weight excluding hydrogens is 643 g/mol. The Balaban J connectivity index is 1.50. The molecule has 6 nitrogen and oxygen atoms in total. The van der Waals surface area contributed by atoms with Crippen molar-refractivity contribution in [2.45, 2.75) is 84.8 Å². The molecule has 7 rings (SSSR count). The van der Waals surface area contributed by atoms with Crippen molar-refractivity contribution >= 4 is 49.6 Å². The molecule has 0 aliphatic carbocycles. The first kappa shape index (κ1) is 35.9. The van der Waals surface area contributed by atoms with Gasteiger partial charge in [-0.15, -0.1) is 0 Å². The number of benzene rings is 5. The minimum absolute atomic E-state index is 0.0949. The summed E-state index contributed by atoms with van der Waals surface area (Å²) < 4.78 is 21.3. The van der Waals surface area contributed by atoms with Crippen molar-refractivity contribution in [1.82, 2.24) is 10.2 Å². The molecule has 0 fully saturated rings. The van der Waals surface area contributed by atoms with Gasteiger partial charge >= 0.3 is 0 Å². The molecule has 2 N–H and O–H groups in total. The first-order chi connectivity index (χ1) is 25.2. The molecule has 0 radical (unpaired) electrons. The Morgan fingerprint density at radius 2 is 1.46 bits per heavy atom. The third kappa shape index (κ3) is 7.11. The Kier molecular flexibility index (Phi) is 10.5. The molecule has 3 unspecified atom stereocenters. The number of ether oxygens (including phenoxy) is 1. The highest BCUT2D eigenvalue weighted by Crippen LogP contribution is 2.52. The Bertz CT molecular complexity index is 2240. The Hall–Kier alpha value is -4.52. The maximum Gasteiger partial charge on any atom is 0.214 e. The third-order valence-electron chi connectivity index (χ3n) is 11.0. The second-order valence-corrected chi connectivity index (χ2v) is 15.6. The largest absolute Gasteiger partial charge is 0.452 e. The summed E-state index contributed by atoms with van der Waals surface area (Å²) in [5.41, 5.74) is 5.51. The molecular formula is C46H55N3O3. The molecule has 5 aromatic carbocycles. The van der Waals surface area contributed by atoms with Crippen LogP contribution in [0.4, 0.5) is 5.69 Å². The highest BCUT2D eigenvalue weighted by Gasteiger charge is 2.44. The van der Waals surface area contributed by atoms with E-state index < -0.39 is 5.54 Å². The van der Waals surface area contributed by atoms with E-state index in [1.807, 2.05) is 24.3 Å². The number of rotatable bonds is 13. The van der Waals surface area contributed by atoms with E-state index in [2.05, 4.69) is 131 Å². The molecule has 6 heteroatoms. The topological polar surface area (TPSA) is 62.8 Å². The van der Waals surface area contributed by atoms with Gasteiger partial charge in [-0.2, -0.15) is 0 Å². The second-order valence-electron chi connectivity index (χ2n) is 15.6. The summed E-state index contributed by atoms with van der Waals surface area (Å²) >= 11 is 0. The Labute approximate surface area is 308 Å². The predicted molar refractivity (Wildman–Crippen MR) is 218 cm³/mol. The van der Waals surface area contributed by atoms with E-state index in [0.717, 1.165) is 68.8 Å². The lowest BCUT2D eigenvalue weighted by molar-refractivity contribution is 0.223. The van der Waals surface area contributed by atoms with Crippen LogP contribution in [0.2, 0.25) is 0 Å². The van der Waals surface area contributed by atoms with Crippen LogP contribution in [-0.4, -0.2) is 25.5 Å². The van der Waals surface area contributed by atoms with Crippen LogP contribution in [0.1, 0.15) is 90.4 Å². The second kappa shape index (κ2) is 15.2. The van der Waals surface area contributed by atoms with Crippen LogP contribution in [0.3, 0.4) is 0 Å². The van der Waals surface area contributed by atoms with Crippen molar-refractivity contribution in [2.75, 3.05) is 26.0 Å². The zero-order chi connectivity index (χ0) is 36.4. The summed E-state index contributed by atoms with van der Waals surface area (Å²) in [6, 6.07) is 31.1. The summed E-state index contributed by atoms with van der Waals surface area (Å²) in [4.78, 5) is 2.24. The Morgan fingerprint density at radius 1 is 0.808 bits per heavy atom. The van der Waals surface area contributed by atoms with Gasteiger partial charge in [-0.3, -0.25) is 10.2 Å². The summed E-state index contributed by atoms with van der Waals surface area (Å²) in [7, 11) is 4.26. The van der Waals surface area contributed by atoms with Gasteiger partial charge in [-0.25, -0.2) is 0 Å². The SMILES string of the molecule is CCCCC(C)CCC(CC)CNc1c2c(c3oc4ccccc4c4ccccc4oc3c1Oc1ccc3ccccc3c1)C(C)(C)NC2N(C)C. The van der Waals surface area contributed by atoms with E-state index in [-0.39, 0.29) is 6.17 Å². The summed E-state index contributed by atoms with van der Waals surface area (Å²) in [5.74, 6) is 2.63. The maximum absolute atomic E-state index is 7.13. The lowest BCUT2D eigenvalue weighted by Gasteiger charge is -2.27. The fraction of sp³-hybridized carbons (Fsp3) is 0.391.